The molecule has 0 bridgehead atoms. The van der Waals surface area contributed by atoms with E-state index in [1.165, 1.54) is 11.1 Å². The van der Waals surface area contributed by atoms with Gasteiger partial charge in [0.1, 0.15) is 18.2 Å². The lowest BCUT2D eigenvalue weighted by Crippen LogP contribution is -2.41. The van der Waals surface area contributed by atoms with Crippen LogP contribution >= 0.6 is 0 Å². The van der Waals surface area contributed by atoms with Gasteiger partial charge in [0.2, 0.25) is 5.78 Å². The van der Waals surface area contributed by atoms with E-state index in [4.69, 9.17) is 0 Å². The number of carbonyl (C=O) groups is 2. The number of Topliss-reactive ketones (excluding diaryl/α,β-unsaturated/α-hetero) is 2. The summed E-state index contributed by atoms with van der Waals surface area (Å²) in [5.41, 5.74) is 3.82. The molecule has 37 heavy (non-hydrogen) atoms. The number of hydrogen-bond acceptors (Lipinski definition) is 7. The van der Waals surface area contributed by atoms with Gasteiger partial charge in [-0.25, -0.2) is 4.98 Å². The maximum atomic E-state index is 13.0. The number of benzene rings is 1. The van der Waals surface area contributed by atoms with Gasteiger partial charge in [-0.2, -0.15) is 0 Å². The van der Waals surface area contributed by atoms with Gasteiger partial charge < -0.3 is 15.5 Å². The Bertz CT molecular complexity index is 1200. The van der Waals surface area contributed by atoms with Gasteiger partial charge in [0.05, 0.1) is 5.70 Å². The normalized spacial score (nSPS) is 20.7. The first-order valence-corrected chi connectivity index (χ1v) is 13.4. The predicted molar refractivity (Wildman–Crippen MR) is 147 cm³/mol. The molecule has 2 aromatic rings. The van der Waals surface area contributed by atoms with Crippen LogP contribution in [-0.2, 0) is 10.2 Å². The zero-order chi connectivity index (χ0) is 26.0. The molecule has 2 saturated heterocycles. The van der Waals surface area contributed by atoms with Crippen LogP contribution in [0.2, 0.25) is 0 Å². The molecule has 1 unspecified atom stereocenters. The summed E-state index contributed by atoms with van der Waals surface area (Å²) in [5.74, 6) is 2.42. The van der Waals surface area contributed by atoms with Gasteiger partial charge in [0, 0.05) is 56.4 Å². The lowest BCUT2D eigenvalue weighted by Gasteiger charge is -2.35. The number of amidine groups is 1. The zero-order valence-electron chi connectivity index (χ0n) is 22.1. The summed E-state index contributed by atoms with van der Waals surface area (Å²) >= 11 is 0. The van der Waals surface area contributed by atoms with Gasteiger partial charge >= 0.3 is 0 Å². The van der Waals surface area contributed by atoms with E-state index in [-0.39, 0.29) is 29.4 Å². The van der Waals surface area contributed by atoms with Crippen LogP contribution in [0.5, 0.6) is 0 Å². The van der Waals surface area contributed by atoms with Crippen LogP contribution in [0.4, 0.5) is 5.82 Å². The first-order chi connectivity index (χ1) is 17.8. The number of nitrogens with one attached hydrogen (secondary N) is 2. The van der Waals surface area contributed by atoms with Crippen molar-refractivity contribution in [1.82, 2.24) is 15.2 Å². The SMILES string of the molecule is CC(C)(C)c1ccc(C(=O)CC2CCCN(C3=NCC(=O)C(Nc4ccc(C5CNC5)cn4)=C3)C2)cc1. The third-order valence-corrected chi connectivity index (χ3v) is 7.65. The Morgan fingerprint density at radius 3 is 2.57 bits per heavy atom. The molecule has 5 rings (SSSR count). The number of aliphatic imine (C=N–C) groups is 1. The molecule has 0 spiro atoms. The van der Waals surface area contributed by atoms with E-state index in [0.29, 0.717) is 23.9 Å². The fraction of sp³-hybridized carbons (Fsp3) is 0.467. The van der Waals surface area contributed by atoms with Gasteiger partial charge in [0.25, 0.3) is 0 Å². The smallest absolute Gasteiger partial charge is 0.200 e. The van der Waals surface area contributed by atoms with Crippen LogP contribution in [0.3, 0.4) is 0 Å². The van der Waals surface area contributed by atoms with Crippen molar-refractivity contribution in [2.24, 2.45) is 10.9 Å². The lowest BCUT2D eigenvalue weighted by molar-refractivity contribution is -0.114. The molecule has 7 nitrogen and oxygen atoms in total. The Morgan fingerprint density at radius 1 is 1.14 bits per heavy atom. The van der Waals surface area contributed by atoms with Crippen molar-refractivity contribution in [2.75, 3.05) is 38.0 Å². The van der Waals surface area contributed by atoms with Crippen molar-refractivity contribution < 1.29 is 9.59 Å². The minimum atomic E-state index is -0.0414. The molecule has 2 fully saturated rings. The predicted octanol–water partition coefficient (Wildman–Crippen LogP) is 4.33. The Hall–Kier alpha value is -3.32. The van der Waals surface area contributed by atoms with Crippen molar-refractivity contribution in [3.8, 4) is 0 Å². The van der Waals surface area contributed by atoms with Gasteiger partial charge in [-0.05, 0) is 41.4 Å². The highest BCUT2D eigenvalue weighted by molar-refractivity contribution is 6.10. The number of hydrogen-bond donors (Lipinski definition) is 2. The summed E-state index contributed by atoms with van der Waals surface area (Å²) in [6.45, 7) is 10.3. The number of rotatable bonds is 6. The molecular weight excluding hydrogens is 462 g/mol. The number of aromatic nitrogens is 1. The second-order valence-electron chi connectivity index (χ2n) is 11.5. The molecule has 7 heteroatoms. The molecule has 4 heterocycles. The molecule has 0 aliphatic carbocycles. The molecule has 1 aromatic heterocycles. The molecule has 3 aliphatic rings. The molecule has 0 radical (unpaired) electrons. The number of dihydropyridines is 1. The zero-order valence-corrected chi connectivity index (χ0v) is 22.1. The quantitative estimate of drug-likeness (QED) is 0.576. The van der Waals surface area contributed by atoms with E-state index in [0.717, 1.165) is 50.4 Å². The fourth-order valence-corrected chi connectivity index (χ4v) is 5.15. The molecule has 0 amide bonds. The third-order valence-electron chi connectivity index (χ3n) is 7.65. The van der Waals surface area contributed by atoms with E-state index in [1.807, 2.05) is 30.5 Å². The average molecular weight is 500 g/mol. The van der Waals surface area contributed by atoms with Crippen LogP contribution in [-0.4, -0.2) is 60.0 Å². The van der Waals surface area contributed by atoms with Crippen molar-refractivity contribution in [1.29, 1.82) is 0 Å². The number of anilines is 1. The Morgan fingerprint density at radius 2 is 1.92 bits per heavy atom. The standard InChI is InChI=1S/C30H37N5O2/c1-30(2,3)24-9-6-21(7-10-24)26(36)13-20-5-4-12-35(19-20)29-14-25(27(37)18-33-29)34-28-11-8-22(17-32-28)23-15-31-16-23/h6-11,14,17,20,23,31H,4-5,12-13,15-16,18-19H2,1-3H3,(H,32,34). The van der Waals surface area contributed by atoms with Gasteiger partial charge in [-0.15, -0.1) is 0 Å². The maximum absolute atomic E-state index is 13.0. The van der Waals surface area contributed by atoms with Crippen LogP contribution in [0.25, 0.3) is 0 Å². The second kappa shape index (κ2) is 10.6. The highest BCUT2D eigenvalue weighted by atomic mass is 16.1. The number of piperidine rings is 1. The topological polar surface area (TPSA) is 86.7 Å². The largest absolute Gasteiger partial charge is 0.357 e. The van der Waals surface area contributed by atoms with E-state index < -0.39 is 0 Å². The van der Waals surface area contributed by atoms with E-state index >= 15 is 0 Å². The van der Waals surface area contributed by atoms with Crippen molar-refractivity contribution in [3.05, 3.63) is 71.1 Å². The Kier molecular flexibility index (Phi) is 7.24. The first-order valence-electron chi connectivity index (χ1n) is 13.4. The van der Waals surface area contributed by atoms with Gasteiger partial charge in [0.15, 0.2) is 5.78 Å². The molecule has 194 valence electrons. The van der Waals surface area contributed by atoms with Crippen LogP contribution in [0, 0.1) is 5.92 Å². The van der Waals surface area contributed by atoms with E-state index in [2.05, 4.69) is 64.5 Å². The summed E-state index contributed by atoms with van der Waals surface area (Å²) in [7, 11) is 0. The van der Waals surface area contributed by atoms with Crippen molar-refractivity contribution in [2.45, 2.75) is 51.4 Å². The summed E-state index contributed by atoms with van der Waals surface area (Å²) in [4.78, 5) is 36.9. The molecular formula is C30H37N5O2. The minimum Gasteiger partial charge on any atom is -0.357 e. The van der Waals surface area contributed by atoms with Crippen LogP contribution in [0.1, 0.15) is 67.4 Å². The second-order valence-corrected chi connectivity index (χ2v) is 11.5. The molecule has 1 atom stereocenters. The van der Waals surface area contributed by atoms with E-state index in [1.54, 1.807) is 0 Å². The number of carbonyl (C=O) groups excluding carboxylic acids is 2. The first kappa shape index (κ1) is 25.3. The Labute approximate surface area is 219 Å². The van der Waals surface area contributed by atoms with E-state index in [9.17, 15) is 9.59 Å². The summed E-state index contributed by atoms with van der Waals surface area (Å²) < 4.78 is 0. The number of nitrogens with zero attached hydrogens (tertiary/aromatic N) is 3. The Balaban J connectivity index is 1.20. The summed E-state index contributed by atoms with van der Waals surface area (Å²) in [5, 5.41) is 6.48. The number of pyridine rings is 1. The van der Waals surface area contributed by atoms with Crippen LogP contribution < -0.4 is 10.6 Å². The average Bonchev–Trinajstić information content (AvgIpc) is 2.85. The highest BCUT2D eigenvalue weighted by Gasteiger charge is 2.27. The summed E-state index contributed by atoms with van der Waals surface area (Å²) in [6.07, 6.45) is 6.28. The maximum Gasteiger partial charge on any atom is 0.200 e. The lowest BCUT2D eigenvalue weighted by atomic mass is 9.85. The van der Waals surface area contributed by atoms with Crippen molar-refractivity contribution >= 4 is 23.2 Å². The highest BCUT2D eigenvalue weighted by Crippen LogP contribution is 2.26. The van der Waals surface area contributed by atoms with Gasteiger partial charge in [-0.1, -0.05) is 51.1 Å². The number of ketones is 2. The monoisotopic (exact) mass is 499 g/mol. The summed E-state index contributed by atoms with van der Waals surface area (Å²) in [6, 6.07) is 12.1. The molecule has 3 aliphatic heterocycles. The fourth-order valence-electron chi connectivity index (χ4n) is 5.15. The third kappa shape index (κ3) is 5.99. The number of likely N-dealkylation sites (tertiary alicyclic amines) is 1. The van der Waals surface area contributed by atoms with Gasteiger partial charge in [-0.3, -0.25) is 14.6 Å². The van der Waals surface area contributed by atoms with Crippen LogP contribution in [0.15, 0.2) is 59.4 Å². The molecule has 1 aromatic carbocycles. The minimum absolute atomic E-state index is 0.0414. The molecule has 0 saturated carbocycles. The molecule has 2 N–H and O–H groups in total. The van der Waals surface area contributed by atoms with Crippen molar-refractivity contribution in [3.63, 3.8) is 0 Å².